The Morgan fingerprint density at radius 2 is 2.00 bits per heavy atom. The number of hydrogen-bond donors (Lipinski definition) is 2. The minimum absolute atomic E-state index is 0.0611. The first-order valence-electron chi connectivity index (χ1n) is 8.07. The summed E-state index contributed by atoms with van der Waals surface area (Å²) in [6.45, 7) is 2.55. The van der Waals surface area contributed by atoms with E-state index in [1.165, 1.54) is 5.69 Å². The minimum Gasteiger partial charge on any atom is -0.371 e. The molecule has 0 spiro atoms. The molecule has 2 aliphatic heterocycles. The fraction of sp³-hybridized carbons (Fsp3) is 0.562. The van der Waals surface area contributed by atoms with Gasteiger partial charge in [0.2, 0.25) is 0 Å². The van der Waals surface area contributed by atoms with Crippen molar-refractivity contribution in [3.63, 3.8) is 0 Å². The summed E-state index contributed by atoms with van der Waals surface area (Å²) in [5.74, 6) is 0.659. The van der Waals surface area contributed by atoms with Crippen molar-refractivity contribution < 1.29 is 13.2 Å². The molecule has 2 atom stereocenters. The first-order valence-corrected chi connectivity index (χ1v) is 9.89. The van der Waals surface area contributed by atoms with E-state index in [2.05, 4.69) is 27.7 Å². The van der Waals surface area contributed by atoms with Crippen LogP contribution >= 0.6 is 0 Å². The van der Waals surface area contributed by atoms with Crippen LogP contribution in [-0.4, -0.2) is 51.6 Å². The SMILES string of the molecule is O=C(NC[C@H]1CCN(c2ccccc2)C1)N[C@H]1CCS(=O)(=O)C1. The Bertz CT molecular complexity index is 648. The molecule has 2 heterocycles. The van der Waals surface area contributed by atoms with E-state index < -0.39 is 9.84 Å². The Morgan fingerprint density at radius 1 is 1.22 bits per heavy atom. The number of sulfone groups is 1. The standard InChI is InChI=1S/C16H23N3O3S/c20-16(18-14-7-9-23(21,22)12-14)17-10-13-6-8-19(11-13)15-4-2-1-3-5-15/h1-5,13-14H,6-12H2,(H2,17,18,20)/t13-,14+/m1/s1. The fourth-order valence-electron chi connectivity index (χ4n) is 3.25. The van der Waals surface area contributed by atoms with Gasteiger partial charge in [0.05, 0.1) is 11.5 Å². The summed E-state index contributed by atoms with van der Waals surface area (Å²) >= 11 is 0. The van der Waals surface area contributed by atoms with Crippen LogP contribution in [-0.2, 0) is 9.84 Å². The Hall–Kier alpha value is -1.76. The van der Waals surface area contributed by atoms with Crippen molar-refractivity contribution in [2.75, 3.05) is 36.0 Å². The molecule has 2 aliphatic rings. The average Bonchev–Trinajstić information content (AvgIpc) is 3.13. The minimum atomic E-state index is -2.96. The summed E-state index contributed by atoms with van der Waals surface area (Å²) < 4.78 is 22.8. The van der Waals surface area contributed by atoms with Crippen molar-refractivity contribution in [3.05, 3.63) is 30.3 Å². The van der Waals surface area contributed by atoms with Gasteiger partial charge in [0.25, 0.3) is 0 Å². The van der Waals surface area contributed by atoms with Crippen LogP contribution in [0.4, 0.5) is 10.5 Å². The van der Waals surface area contributed by atoms with Gasteiger partial charge in [-0.2, -0.15) is 0 Å². The van der Waals surface area contributed by atoms with Gasteiger partial charge < -0.3 is 15.5 Å². The number of hydrogen-bond acceptors (Lipinski definition) is 4. The van der Waals surface area contributed by atoms with Crippen molar-refractivity contribution in [1.29, 1.82) is 0 Å². The van der Waals surface area contributed by atoms with E-state index in [1.54, 1.807) is 0 Å². The number of nitrogens with zero attached hydrogens (tertiary/aromatic N) is 1. The third-order valence-corrected chi connectivity index (χ3v) is 6.29. The third-order valence-electron chi connectivity index (χ3n) is 4.53. The Balaban J connectivity index is 1.40. The molecule has 0 aliphatic carbocycles. The summed E-state index contributed by atoms with van der Waals surface area (Å²) in [5, 5.41) is 5.64. The largest absolute Gasteiger partial charge is 0.371 e. The summed E-state index contributed by atoms with van der Waals surface area (Å²) in [6, 6.07) is 9.77. The number of benzene rings is 1. The molecule has 2 amide bonds. The van der Waals surface area contributed by atoms with Crippen LogP contribution in [0.1, 0.15) is 12.8 Å². The zero-order valence-electron chi connectivity index (χ0n) is 13.1. The van der Waals surface area contributed by atoms with Crippen molar-refractivity contribution in [3.8, 4) is 0 Å². The highest BCUT2D eigenvalue weighted by molar-refractivity contribution is 7.91. The van der Waals surface area contributed by atoms with Crippen molar-refractivity contribution >= 4 is 21.6 Å². The molecule has 0 bridgehead atoms. The van der Waals surface area contributed by atoms with E-state index in [4.69, 9.17) is 0 Å². The topological polar surface area (TPSA) is 78.5 Å². The Kier molecular flexibility index (Phi) is 4.75. The smallest absolute Gasteiger partial charge is 0.315 e. The molecule has 0 unspecified atom stereocenters. The highest BCUT2D eigenvalue weighted by Gasteiger charge is 2.29. The molecule has 23 heavy (non-hydrogen) atoms. The van der Waals surface area contributed by atoms with Crippen molar-refractivity contribution in [1.82, 2.24) is 10.6 Å². The van der Waals surface area contributed by atoms with Gasteiger partial charge in [-0.25, -0.2) is 13.2 Å². The first-order chi connectivity index (χ1) is 11.0. The third kappa shape index (κ3) is 4.37. The number of amides is 2. The highest BCUT2D eigenvalue weighted by Crippen LogP contribution is 2.22. The van der Waals surface area contributed by atoms with Gasteiger partial charge >= 0.3 is 6.03 Å². The van der Waals surface area contributed by atoms with E-state index in [0.29, 0.717) is 18.9 Å². The van der Waals surface area contributed by atoms with Crippen LogP contribution < -0.4 is 15.5 Å². The predicted molar refractivity (Wildman–Crippen MR) is 90.4 cm³/mol. The number of carbonyl (C=O) groups excluding carboxylic acids is 1. The van der Waals surface area contributed by atoms with Crippen molar-refractivity contribution in [2.24, 2.45) is 5.92 Å². The Morgan fingerprint density at radius 3 is 2.70 bits per heavy atom. The molecule has 1 aromatic carbocycles. The first kappa shape index (κ1) is 16.1. The lowest BCUT2D eigenvalue weighted by Crippen LogP contribution is -2.44. The Labute approximate surface area is 137 Å². The fourth-order valence-corrected chi connectivity index (χ4v) is 4.93. The lowest BCUT2D eigenvalue weighted by atomic mass is 10.1. The molecule has 6 nitrogen and oxygen atoms in total. The number of anilines is 1. The second-order valence-electron chi connectivity index (χ2n) is 6.39. The predicted octanol–water partition coefficient (Wildman–Crippen LogP) is 0.999. The maximum Gasteiger partial charge on any atom is 0.315 e. The molecule has 2 fully saturated rings. The number of para-hydroxylation sites is 1. The maximum absolute atomic E-state index is 11.9. The van der Waals surface area contributed by atoms with E-state index in [-0.39, 0.29) is 23.6 Å². The molecule has 3 rings (SSSR count). The van der Waals surface area contributed by atoms with Crippen LogP contribution in [0.2, 0.25) is 0 Å². The lowest BCUT2D eigenvalue weighted by Gasteiger charge is -2.19. The van der Waals surface area contributed by atoms with Gasteiger partial charge in [0.15, 0.2) is 9.84 Å². The molecule has 2 N–H and O–H groups in total. The molecular weight excluding hydrogens is 314 g/mol. The van der Waals surface area contributed by atoms with Gasteiger partial charge in [-0.1, -0.05) is 18.2 Å². The van der Waals surface area contributed by atoms with Gasteiger partial charge in [0.1, 0.15) is 0 Å². The van der Waals surface area contributed by atoms with Crippen LogP contribution in [0.5, 0.6) is 0 Å². The lowest BCUT2D eigenvalue weighted by molar-refractivity contribution is 0.236. The van der Waals surface area contributed by atoms with Crippen LogP contribution in [0.3, 0.4) is 0 Å². The number of urea groups is 1. The zero-order chi connectivity index (χ0) is 16.3. The number of nitrogens with one attached hydrogen (secondary N) is 2. The maximum atomic E-state index is 11.9. The molecule has 0 saturated carbocycles. The van der Waals surface area contributed by atoms with E-state index in [0.717, 1.165) is 19.5 Å². The summed E-state index contributed by atoms with van der Waals surface area (Å²) in [6.07, 6.45) is 1.56. The molecule has 7 heteroatoms. The molecular formula is C16H23N3O3S. The van der Waals surface area contributed by atoms with Crippen molar-refractivity contribution in [2.45, 2.75) is 18.9 Å². The second-order valence-corrected chi connectivity index (χ2v) is 8.62. The van der Waals surface area contributed by atoms with E-state index >= 15 is 0 Å². The highest BCUT2D eigenvalue weighted by atomic mass is 32.2. The van der Waals surface area contributed by atoms with E-state index in [1.807, 2.05) is 18.2 Å². The van der Waals surface area contributed by atoms with Gasteiger partial charge in [0, 0.05) is 31.4 Å². The normalized spacial score (nSPS) is 26.2. The van der Waals surface area contributed by atoms with Gasteiger partial charge in [-0.05, 0) is 30.9 Å². The summed E-state index contributed by atoms with van der Waals surface area (Å²) in [5.41, 5.74) is 1.22. The summed E-state index contributed by atoms with van der Waals surface area (Å²) in [7, 11) is -2.96. The summed E-state index contributed by atoms with van der Waals surface area (Å²) in [4.78, 5) is 14.2. The van der Waals surface area contributed by atoms with Crippen LogP contribution in [0.15, 0.2) is 30.3 Å². The van der Waals surface area contributed by atoms with Crippen LogP contribution in [0, 0.1) is 5.92 Å². The molecule has 2 saturated heterocycles. The average molecular weight is 337 g/mol. The van der Waals surface area contributed by atoms with E-state index in [9.17, 15) is 13.2 Å². The quantitative estimate of drug-likeness (QED) is 0.859. The number of rotatable bonds is 4. The molecule has 0 aromatic heterocycles. The molecule has 0 radical (unpaired) electrons. The van der Waals surface area contributed by atoms with Gasteiger partial charge in [-0.3, -0.25) is 0 Å². The molecule has 126 valence electrons. The monoisotopic (exact) mass is 337 g/mol. The number of carbonyl (C=O) groups is 1. The molecule has 1 aromatic rings. The second kappa shape index (κ2) is 6.78. The zero-order valence-corrected chi connectivity index (χ0v) is 13.9. The van der Waals surface area contributed by atoms with Crippen LogP contribution in [0.25, 0.3) is 0 Å². The van der Waals surface area contributed by atoms with Gasteiger partial charge in [-0.15, -0.1) is 0 Å².